The van der Waals surface area contributed by atoms with Crippen molar-refractivity contribution in [2.75, 3.05) is 35.6 Å². The topological polar surface area (TPSA) is 114 Å². The highest BCUT2D eigenvalue weighted by atomic mass is 35.5. The van der Waals surface area contributed by atoms with E-state index >= 15 is 0 Å². The minimum absolute atomic E-state index is 0.0375. The summed E-state index contributed by atoms with van der Waals surface area (Å²) in [5.41, 5.74) is 5.30. The van der Waals surface area contributed by atoms with Gasteiger partial charge in [0.25, 0.3) is 0 Å². The van der Waals surface area contributed by atoms with Gasteiger partial charge in [0.05, 0.1) is 5.54 Å². The van der Waals surface area contributed by atoms with Crippen LogP contribution in [0.5, 0.6) is 0 Å². The molecule has 10 heteroatoms. The van der Waals surface area contributed by atoms with Gasteiger partial charge in [0.1, 0.15) is 11.3 Å². The van der Waals surface area contributed by atoms with Crippen molar-refractivity contribution in [1.82, 2.24) is 14.9 Å². The summed E-state index contributed by atoms with van der Waals surface area (Å²) in [6.07, 6.45) is 3.06. The third-order valence-electron chi connectivity index (χ3n) is 4.91. The smallest absolute Gasteiger partial charge is 0.410 e. The van der Waals surface area contributed by atoms with Gasteiger partial charge in [0.15, 0.2) is 11.0 Å². The molecule has 3 N–H and O–H groups in total. The van der Waals surface area contributed by atoms with Crippen LogP contribution < -0.4 is 16.0 Å². The largest absolute Gasteiger partial charge is 0.444 e. The zero-order valence-electron chi connectivity index (χ0n) is 15.8. The average Bonchev–Trinajstić information content (AvgIpc) is 2.53. The fourth-order valence-corrected chi connectivity index (χ4v) is 3.85. The molecule has 0 atom stereocenters. The molecule has 2 aliphatic rings. The van der Waals surface area contributed by atoms with Crippen LogP contribution in [0.4, 0.5) is 22.2 Å². The molecule has 27 heavy (non-hydrogen) atoms. The third kappa shape index (κ3) is 3.87. The highest BCUT2D eigenvalue weighted by molar-refractivity contribution is 6.33. The van der Waals surface area contributed by atoms with Gasteiger partial charge in [-0.2, -0.15) is 9.97 Å². The fourth-order valence-electron chi connectivity index (χ4n) is 3.62. The van der Waals surface area contributed by atoms with Gasteiger partial charge in [0, 0.05) is 19.6 Å². The molecule has 0 unspecified atom stereocenters. The van der Waals surface area contributed by atoms with Crippen molar-refractivity contribution in [2.45, 2.75) is 51.2 Å². The molecule has 1 aromatic heterocycles. The highest BCUT2D eigenvalue weighted by Crippen LogP contribution is 2.45. The van der Waals surface area contributed by atoms with Crippen molar-refractivity contribution < 1.29 is 14.3 Å². The van der Waals surface area contributed by atoms with E-state index in [4.69, 9.17) is 22.1 Å². The molecule has 0 aromatic carbocycles. The molecule has 1 aromatic rings. The first kappa shape index (κ1) is 19.5. The summed E-state index contributed by atoms with van der Waals surface area (Å²) in [5.74, 6) is 0.527. The van der Waals surface area contributed by atoms with Gasteiger partial charge in [-0.3, -0.25) is 4.79 Å². The van der Waals surface area contributed by atoms with Crippen molar-refractivity contribution in [3.8, 4) is 0 Å². The number of amides is 2. The number of hydrogen-bond donors (Lipinski definition) is 2. The minimum atomic E-state index is -0.545. The Morgan fingerprint density at radius 1 is 1.33 bits per heavy atom. The van der Waals surface area contributed by atoms with Crippen molar-refractivity contribution >= 4 is 41.6 Å². The lowest BCUT2D eigenvalue weighted by atomic mass is 9.73. The van der Waals surface area contributed by atoms with Gasteiger partial charge in [-0.25, -0.2) is 4.79 Å². The molecule has 1 aliphatic carbocycles. The van der Waals surface area contributed by atoms with Crippen LogP contribution >= 0.6 is 11.6 Å². The third-order valence-corrected chi connectivity index (χ3v) is 5.18. The lowest BCUT2D eigenvalue weighted by Gasteiger charge is -2.56. The molecule has 148 valence electrons. The predicted octanol–water partition coefficient (Wildman–Crippen LogP) is 2.26. The van der Waals surface area contributed by atoms with E-state index in [0.717, 1.165) is 19.3 Å². The number of carbonyl (C=O) groups excluding carboxylic acids is 2. The first-order valence-electron chi connectivity index (χ1n) is 8.94. The maximum absolute atomic E-state index is 12.5. The van der Waals surface area contributed by atoms with E-state index in [-0.39, 0.29) is 22.7 Å². The van der Waals surface area contributed by atoms with Gasteiger partial charge in [0.2, 0.25) is 12.4 Å². The summed E-state index contributed by atoms with van der Waals surface area (Å²) in [6.45, 7) is 7.07. The second-order valence-electron chi connectivity index (χ2n) is 7.96. The molecule has 0 bridgehead atoms. The number of rotatable bonds is 3. The number of nitrogens with zero attached hydrogens (tertiary/aromatic N) is 4. The first-order valence-corrected chi connectivity index (χ1v) is 9.32. The van der Waals surface area contributed by atoms with E-state index in [2.05, 4.69) is 20.2 Å². The number of piperazine rings is 1. The number of nitrogens with one attached hydrogen (secondary N) is 1. The van der Waals surface area contributed by atoms with Crippen LogP contribution in [-0.4, -0.2) is 58.1 Å². The molecule has 2 amide bonds. The fraction of sp³-hybridized carbons (Fsp3) is 0.647. The summed E-state index contributed by atoms with van der Waals surface area (Å²) in [4.78, 5) is 35.6. The molecule has 0 radical (unpaired) electrons. The number of ether oxygens (including phenoxy) is 1. The molecule has 3 rings (SSSR count). The Bertz CT molecular complexity index is 747. The number of nitrogens with two attached hydrogens (primary N) is 1. The molecule has 2 fully saturated rings. The SMILES string of the molecule is CC(C)(C)OC(=O)N1CCN(c2nc(N)nc(Cl)c2NC=O)C2(CCC2)C1. The Morgan fingerprint density at radius 2 is 2.04 bits per heavy atom. The van der Waals surface area contributed by atoms with E-state index < -0.39 is 5.60 Å². The molecule has 1 aliphatic heterocycles. The first-order chi connectivity index (χ1) is 12.6. The predicted molar refractivity (Wildman–Crippen MR) is 103 cm³/mol. The standard InChI is InChI=1S/C17H25ClN6O3/c1-16(2,3)27-15(26)23-7-8-24(17(9-23)5-4-6-17)13-11(20-10-25)12(18)21-14(19)22-13/h10H,4-9H2,1-3H3,(H,20,25)(H2,19,21,22). The number of halogens is 1. The number of carbonyl (C=O) groups is 2. The average molecular weight is 397 g/mol. The zero-order valence-corrected chi connectivity index (χ0v) is 16.5. The van der Waals surface area contributed by atoms with Crippen molar-refractivity contribution in [1.29, 1.82) is 0 Å². The van der Waals surface area contributed by atoms with Crippen LogP contribution in [0.25, 0.3) is 0 Å². The Morgan fingerprint density at radius 3 is 2.59 bits per heavy atom. The van der Waals surface area contributed by atoms with E-state index in [9.17, 15) is 9.59 Å². The minimum Gasteiger partial charge on any atom is -0.444 e. The second kappa shape index (κ2) is 7.03. The van der Waals surface area contributed by atoms with Gasteiger partial charge < -0.3 is 25.6 Å². The highest BCUT2D eigenvalue weighted by Gasteiger charge is 2.49. The van der Waals surface area contributed by atoms with E-state index in [1.807, 2.05) is 20.8 Å². The van der Waals surface area contributed by atoms with Crippen molar-refractivity contribution in [3.05, 3.63) is 5.15 Å². The van der Waals surface area contributed by atoms with E-state index in [0.29, 0.717) is 37.5 Å². The summed E-state index contributed by atoms with van der Waals surface area (Å²) >= 11 is 6.18. The Hall–Kier alpha value is -2.29. The normalized spacial score (nSPS) is 18.8. The van der Waals surface area contributed by atoms with Gasteiger partial charge in [-0.05, 0) is 40.0 Å². The maximum atomic E-state index is 12.5. The molecule has 1 saturated carbocycles. The van der Waals surface area contributed by atoms with Crippen molar-refractivity contribution in [3.63, 3.8) is 0 Å². The molecular weight excluding hydrogens is 372 g/mol. The van der Waals surface area contributed by atoms with Crippen LogP contribution in [0, 0.1) is 0 Å². The van der Waals surface area contributed by atoms with Gasteiger partial charge >= 0.3 is 6.09 Å². The van der Waals surface area contributed by atoms with Crippen LogP contribution in [0.1, 0.15) is 40.0 Å². The summed E-state index contributed by atoms with van der Waals surface area (Å²) < 4.78 is 5.52. The van der Waals surface area contributed by atoms with Gasteiger partial charge in [-0.1, -0.05) is 11.6 Å². The Labute approximate surface area is 163 Å². The number of anilines is 3. The van der Waals surface area contributed by atoms with E-state index in [1.54, 1.807) is 4.90 Å². The van der Waals surface area contributed by atoms with Crippen LogP contribution in [0.3, 0.4) is 0 Å². The lowest BCUT2D eigenvalue weighted by Crippen LogP contribution is -2.67. The monoisotopic (exact) mass is 396 g/mol. The number of hydrogen-bond acceptors (Lipinski definition) is 7. The van der Waals surface area contributed by atoms with Crippen LogP contribution in [0.15, 0.2) is 0 Å². The molecule has 1 spiro atoms. The summed E-state index contributed by atoms with van der Waals surface area (Å²) in [6, 6.07) is 0. The lowest BCUT2D eigenvalue weighted by molar-refractivity contribution is -0.105. The Balaban J connectivity index is 1.89. The molecule has 9 nitrogen and oxygen atoms in total. The zero-order chi connectivity index (χ0) is 19.8. The molecule has 2 heterocycles. The van der Waals surface area contributed by atoms with Crippen LogP contribution in [-0.2, 0) is 9.53 Å². The number of nitrogen functional groups attached to an aromatic ring is 1. The Kier molecular flexibility index (Phi) is 5.07. The van der Waals surface area contributed by atoms with E-state index in [1.165, 1.54) is 0 Å². The molecular formula is C17H25ClN6O3. The van der Waals surface area contributed by atoms with Gasteiger partial charge in [-0.15, -0.1) is 0 Å². The maximum Gasteiger partial charge on any atom is 0.410 e. The second-order valence-corrected chi connectivity index (χ2v) is 8.32. The quantitative estimate of drug-likeness (QED) is 0.594. The summed E-state index contributed by atoms with van der Waals surface area (Å²) in [7, 11) is 0. The summed E-state index contributed by atoms with van der Waals surface area (Å²) in [5, 5.41) is 2.67. The number of aromatic nitrogens is 2. The van der Waals surface area contributed by atoms with Crippen molar-refractivity contribution in [2.24, 2.45) is 0 Å². The molecule has 1 saturated heterocycles. The van der Waals surface area contributed by atoms with Crippen LogP contribution in [0.2, 0.25) is 5.15 Å².